The number of hydrogen-bond donors (Lipinski definition) is 1. The number of aromatic nitrogens is 2. The van der Waals surface area contributed by atoms with E-state index in [1.165, 1.54) is 15.7 Å². The lowest BCUT2D eigenvalue weighted by Gasteiger charge is -2.07. The number of thiazole rings is 1. The number of anilines is 1. The molecule has 0 aliphatic carbocycles. The SMILES string of the molecule is O=C(Nc1ccc(F)cc1F)c1cnc2scc(-c3ccccc3Cl)n2c1=O. The molecule has 0 radical (unpaired) electrons. The van der Waals surface area contributed by atoms with Crippen molar-refractivity contribution in [1.29, 1.82) is 0 Å². The van der Waals surface area contributed by atoms with Crippen LogP contribution in [0.1, 0.15) is 10.4 Å². The van der Waals surface area contributed by atoms with Gasteiger partial charge in [0.15, 0.2) is 4.96 Å². The van der Waals surface area contributed by atoms with Crippen LogP contribution in [0.3, 0.4) is 0 Å². The van der Waals surface area contributed by atoms with Crippen molar-refractivity contribution in [3.05, 3.63) is 86.6 Å². The minimum absolute atomic E-state index is 0.243. The van der Waals surface area contributed by atoms with Crippen LogP contribution < -0.4 is 10.9 Å². The first kappa shape index (κ1) is 18.3. The molecule has 4 rings (SSSR count). The van der Waals surface area contributed by atoms with Gasteiger partial charge in [-0.1, -0.05) is 29.8 Å². The summed E-state index contributed by atoms with van der Waals surface area (Å²) in [7, 11) is 0. The van der Waals surface area contributed by atoms with Gasteiger partial charge < -0.3 is 5.32 Å². The predicted molar refractivity (Wildman–Crippen MR) is 104 cm³/mol. The van der Waals surface area contributed by atoms with E-state index in [1.54, 1.807) is 29.6 Å². The molecule has 2 aromatic heterocycles. The number of amides is 1. The highest BCUT2D eigenvalue weighted by atomic mass is 35.5. The molecular weight excluding hydrogens is 408 g/mol. The Hall–Kier alpha value is -3.10. The number of hydrogen-bond acceptors (Lipinski definition) is 4. The number of benzene rings is 2. The molecule has 0 atom stereocenters. The van der Waals surface area contributed by atoms with Gasteiger partial charge in [0, 0.05) is 28.2 Å². The maximum Gasteiger partial charge on any atom is 0.271 e. The van der Waals surface area contributed by atoms with Gasteiger partial charge in [-0.3, -0.25) is 14.0 Å². The van der Waals surface area contributed by atoms with Crippen LogP contribution in [0.15, 0.2) is 58.8 Å². The van der Waals surface area contributed by atoms with E-state index in [9.17, 15) is 18.4 Å². The summed E-state index contributed by atoms with van der Waals surface area (Å²) in [6, 6.07) is 9.68. The van der Waals surface area contributed by atoms with Crippen molar-refractivity contribution in [2.45, 2.75) is 0 Å². The minimum Gasteiger partial charge on any atom is -0.319 e. The molecule has 2 aromatic carbocycles. The van der Waals surface area contributed by atoms with Crippen molar-refractivity contribution in [2.75, 3.05) is 5.32 Å². The normalized spacial score (nSPS) is 11.0. The molecule has 0 spiro atoms. The minimum atomic E-state index is -0.949. The van der Waals surface area contributed by atoms with Gasteiger partial charge in [-0.25, -0.2) is 13.8 Å². The maximum atomic E-state index is 13.8. The topological polar surface area (TPSA) is 63.5 Å². The molecule has 0 saturated heterocycles. The molecule has 0 aliphatic rings. The summed E-state index contributed by atoms with van der Waals surface area (Å²) >= 11 is 7.45. The molecule has 4 aromatic rings. The second-order valence-electron chi connectivity index (χ2n) is 5.77. The van der Waals surface area contributed by atoms with Crippen LogP contribution in [0.4, 0.5) is 14.5 Å². The first-order valence-corrected chi connectivity index (χ1v) is 9.22. The van der Waals surface area contributed by atoms with Crippen LogP contribution in [-0.2, 0) is 0 Å². The summed E-state index contributed by atoms with van der Waals surface area (Å²) < 4.78 is 28.1. The molecule has 0 aliphatic heterocycles. The Morgan fingerprint density at radius 2 is 1.96 bits per heavy atom. The maximum absolute atomic E-state index is 13.8. The Bertz CT molecular complexity index is 1290. The number of rotatable bonds is 3. The molecule has 140 valence electrons. The molecule has 0 unspecified atom stereocenters. The van der Waals surface area contributed by atoms with E-state index in [2.05, 4.69) is 10.3 Å². The van der Waals surface area contributed by atoms with Gasteiger partial charge in [0.25, 0.3) is 11.5 Å². The lowest BCUT2D eigenvalue weighted by atomic mass is 10.2. The van der Waals surface area contributed by atoms with Crippen LogP contribution in [0.25, 0.3) is 16.2 Å². The van der Waals surface area contributed by atoms with Gasteiger partial charge in [0.05, 0.1) is 11.4 Å². The van der Waals surface area contributed by atoms with Crippen LogP contribution in [-0.4, -0.2) is 15.3 Å². The summed E-state index contributed by atoms with van der Waals surface area (Å²) in [5, 5.41) is 4.42. The van der Waals surface area contributed by atoms with Crippen LogP contribution >= 0.6 is 22.9 Å². The Kier molecular flexibility index (Phi) is 4.66. The predicted octanol–water partition coefficient (Wildman–Crippen LogP) is 4.61. The van der Waals surface area contributed by atoms with E-state index < -0.39 is 23.1 Å². The average Bonchev–Trinajstić information content (AvgIpc) is 3.09. The van der Waals surface area contributed by atoms with Crippen molar-refractivity contribution in [3.63, 3.8) is 0 Å². The third kappa shape index (κ3) is 3.17. The number of nitrogens with one attached hydrogen (secondary N) is 1. The van der Waals surface area contributed by atoms with Crippen LogP contribution in [0.2, 0.25) is 5.02 Å². The van der Waals surface area contributed by atoms with E-state index >= 15 is 0 Å². The number of carbonyl (C=O) groups excluding carboxylic acids is 1. The highest BCUT2D eigenvalue weighted by Crippen LogP contribution is 2.30. The zero-order chi connectivity index (χ0) is 19.8. The van der Waals surface area contributed by atoms with Gasteiger partial charge in [-0.05, 0) is 18.2 Å². The Morgan fingerprint density at radius 1 is 1.18 bits per heavy atom. The highest BCUT2D eigenvalue weighted by molar-refractivity contribution is 7.15. The summed E-state index contributed by atoms with van der Waals surface area (Å²) in [4.78, 5) is 30.0. The number of nitrogens with zero attached hydrogens (tertiary/aromatic N) is 2. The molecular formula is C19H10ClF2N3O2S. The lowest BCUT2D eigenvalue weighted by molar-refractivity contribution is 0.102. The van der Waals surface area contributed by atoms with E-state index in [-0.39, 0.29) is 11.3 Å². The van der Waals surface area contributed by atoms with Gasteiger partial charge in [0.2, 0.25) is 0 Å². The van der Waals surface area contributed by atoms with E-state index in [0.717, 1.165) is 18.3 Å². The Morgan fingerprint density at radius 3 is 2.71 bits per heavy atom. The lowest BCUT2D eigenvalue weighted by Crippen LogP contribution is -2.26. The molecule has 0 saturated carbocycles. The largest absolute Gasteiger partial charge is 0.319 e. The van der Waals surface area contributed by atoms with Gasteiger partial charge >= 0.3 is 0 Å². The zero-order valence-corrected chi connectivity index (χ0v) is 15.5. The summed E-state index contributed by atoms with van der Waals surface area (Å²) in [6.45, 7) is 0. The summed E-state index contributed by atoms with van der Waals surface area (Å²) in [5.41, 5.74) is -0.0474. The fourth-order valence-electron chi connectivity index (χ4n) is 2.69. The average molecular weight is 418 g/mol. The molecule has 1 amide bonds. The zero-order valence-electron chi connectivity index (χ0n) is 13.9. The summed E-state index contributed by atoms with van der Waals surface area (Å²) in [6.07, 6.45) is 1.13. The molecule has 2 heterocycles. The molecule has 0 fully saturated rings. The van der Waals surface area contributed by atoms with Crippen molar-refractivity contribution in [3.8, 4) is 11.3 Å². The molecule has 9 heteroatoms. The molecule has 5 nitrogen and oxygen atoms in total. The third-order valence-corrected chi connectivity index (χ3v) is 5.19. The van der Waals surface area contributed by atoms with Crippen LogP contribution in [0.5, 0.6) is 0 Å². The second-order valence-corrected chi connectivity index (χ2v) is 7.02. The number of fused-ring (bicyclic) bond motifs is 1. The second kappa shape index (κ2) is 7.14. The molecule has 1 N–H and O–H groups in total. The third-order valence-electron chi connectivity index (χ3n) is 4.02. The van der Waals surface area contributed by atoms with Gasteiger partial charge in [-0.2, -0.15) is 0 Å². The Labute approximate surface area is 165 Å². The molecule has 0 bridgehead atoms. The quantitative estimate of drug-likeness (QED) is 0.529. The van der Waals surface area contributed by atoms with E-state index in [0.29, 0.717) is 27.3 Å². The Balaban J connectivity index is 1.80. The first-order chi connectivity index (χ1) is 13.5. The van der Waals surface area contributed by atoms with Crippen molar-refractivity contribution in [1.82, 2.24) is 9.38 Å². The van der Waals surface area contributed by atoms with Crippen molar-refractivity contribution >= 4 is 39.5 Å². The summed E-state index contributed by atoms with van der Waals surface area (Å²) in [5.74, 6) is -2.58. The van der Waals surface area contributed by atoms with E-state index in [1.807, 2.05) is 0 Å². The number of halogens is 3. The fourth-order valence-corrected chi connectivity index (χ4v) is 3.77. The standard InChI is InChI=1S/C19H10ClF2N3O2S/c20-13-4-2-1-3-11(13)16-9-28-19-23-8-12(18(27)25(16)19)17(26)24-15-6-5-10(21)7-14(15)22/h1-9H,(H,24,26). The highest BCUT2D eigenvalue weighted by Gasteiger charge is 2.19. The van der Waals surface area contributed by atoms with E-state index in [4.69, 9.17) is 11.6 Å². The van der Waals surface area contributed by atoms with Crippen molar-refractivity contribution < 1.29 is 13.6 Å². The van der Waals surface area contributed by atoms with Crippen molar-refractivity contribution in [2.24, 2.45) is 0 Å². The van der Waals surface area contributed by atoms with Gasteiger partial charge in [-0.15, -0.1) is 11.3 Å². The number of carbonyl (C=O) groups is 1. The molecule has 28 heavy (non-hydrogen) atoms. The van der Waals surface area contributed by atoms with Gasteiger partial charge in [0.1, 0.15) is 17.2 Å². The fraction of sp³-hybridized carbons (Fsp3) is 0. The first-order valence-electron chi connectivity index (χ1n) is 7.96. The van der Waals surface area contributed by atoms with Crippen LogP contribution in [0, 0.1) is 11.6 Å². The smallest absolute Gasteiger partial charge is 0.271 e. The monoisotopic (exact) mass is 417 g/mol.